The number of hydrogen-bond acceptors (Lipinski definition) is 4. The first-order valence-corrected chi connectivity index (χ1v) is 9.24. The van der Waals surface area contributed by atoms with Gasteiger partial charge in [-0.05, 0) is 30.4 Å². The number of imide groups is 1. The molecule has 1 aromatic carbocycles. The Morgan fingerprint density at radius 3 is 2.54 bits per heavy atom. The van der Waals surface area contributed by atoms with Crippen LogP contribution in [0, 0.1) is 0 Å². The number of amides is 4. The zero-order chi connectivity index (χ0) is 18.3. The highest BCUT2D eigenvalue weighted by Gasteiger charge is 2.52. The summed E-state index contributed by atoms with van der Waals surface area (Å²) in [6.07, 6.45) is 4.87. The fourth-order valence-corrected chi connectivity index (χ4v) is 4.49. The van der Waals surface area contributed by atoms with Gasteiger partial charge in [0.2, 0.25) is 5.91 Å². The molecule has 0 unspecified atom stereocenters. The van der Waals surface area contributed by atoms with Gasteiger partial charge in [-0.25, -0.2) is 9.69 Å². The average Bonchev–Trinajstić information content (AvgIpc) is 2.85. The van der Waals surface area contributed by atoms with Gasteiger partial charge in [-0.1, -0.05) is 43.5 Å². The van der Waals surface area contributed by atoms with Gasteiger partial charge in [0.25, 0.3) is 5.91 Å². The van der Waals surface area contributed by atoms with Crippen LogP contribution in [0.15, 0.2) is 24.3 Å². The summed E-state index contributed by atoms with van der Waals surface area (Å²) in [5.74, 6) is -0.594. The Morgan fingerprint density at radius 1 is 1.15 bits per heavy atom. The van der Waals surface area contributed by atoms with Crippen molar-refractivity contribution in [3.05, 3.63) is 35.4 Å². The first kappa shape index (κ1) is 17.0. The summed E-state index contributed by atoms with van der Waals surface area (Å²) in [6, 6.07) is 7.01. The van der Waals surface area contributed by atoms with Crippen molar-refractivity contribution < 1.29 is 14.4 Å². The lowest BCUT2D eigenvalue weighted by molar-refractivity contribution is -0.136. The molecule has 1 saturated carbocycles. The molecule has 0 radical (unpaired) electrons. The van der Waals surface area contributed by atoms with Gasteiger partial charge in [0.05, 0.1) is 12.7 Å². The highest BCUT2D eigenvalue weighted by Crippen LogP contribution is 2.34. The molecule has 138 valence electrons. The summed E-state index contributed by atoms with van der Waals surface area (Å²) in [4.78, 5) is 40.6. The van der Waals surface area contributed by atoms with Crippen LogP contribution in [0.5, 0.6) is 0 Å². The molecule has 26 heavy (non-hydrogen) atoms. The minimum atomic E-state index is -0.745. The van der Waals surface area contributed by atoms with Crippen molar-refractivity contribution in [3.8, 4) is 0 Å². The van der Waals surface area contributed by atoms with E-state index in [4.69, 9.17) is 5.73 Å². The molecular formula is C19H24N4O3. The highest BCUT2D eigenvalue weighted by atomic mass is 16.2. The van der Waals surface area contributed by atoms with Crippen LogP contribution >= 0.6 is 0 Å². The predicted molar refractivity (Wildman–Crippen MR) is 94.7 cm³/mol. The van der Waals surface area contributed by atoms with Crippen molar-refractivity contribution in [2.24, 2.45) is 5.73 Å². The minimum absolute atomic E-state index is 0.0916. The third-order valence-electron chi connectivity index (χ3n) is 5.95. The zero-order valence-electron chi connectivity index (χ0n) is 14.7. The first-order chi connectivity index (χ1) is 12.5. The Bertz CT molecular complexity index is 757. The van der Waals surface area contributed by atoms with Gasteiger partial charge < -0.3 is 11.1 Å². The summed E-state index contributed by atoms with van der Waals surface area (Å²) in [5.41, 5.74) is 7.06. The van der Waals surface area contributed by atoms with Crippen molar-refractivity contribution in [3.63, 3.8) is 0 Å². The lowest BCUT2D eigenvalue weighted by Crippen LogP contribution is -2.54. The molecule has 3 N–H and O–H groups in total. The predicted octanol–water partition coefficient (Wildman–Crippen LogP) is 1.11. The van der Waals surface area contributed by atoms with Crippen LogP contribution in [-0.2, 0) is 22.6 Å². The molecule has 1 saturated heterocycles. The van der Waals surface area contributed by atoms with E-state index >= 15 is 0 Å². The van der Waals surface area contributed by atoms with Crippen molar-refractivity contribution in [1.29, 1.82) is 0 Å². The van der Waals surface area contributed by atoms with Crippen LogP contribution in [-0.4, -0.2) is 45.9 Å². The van der Waals surface area contributed by atoms with Gasteiger partial charge in [0.15, 0.2) is 0 Å². The van der Waals surface area contributed by atoms with Crippen LogP contribution < -0.4 is 11.1 Å². The van der Waals surface area contributed by atoms with Crippen LogP contribution in [0.2, 0.25) is 0 Å². The maximum atomic E-state index is 13.0. The number of nitrogens with zero attached hydrogens (tertiary/aromatic N) is 2. The van der Waals surface area contributed by atoms with Crippen molar-refractivity contribution in [2.45, 2.75) is 56.7 Å². The summed E-state index contributed by atoms with van der Waals surface area (Å²) < 4.78 is 0. The monoisotopic (exact) mass is 356 g/mol. The normalized spacial score (nSPS) is 25.2. The highest BCUT2D eigenvalue weighted by molar-refractivity contribution is 6.07. The fraction of sp³-hybridized carbons (Fsp3) is 0.526. The van der Waals surface area contributed by atoms with E-state index in [0.29, 0.717) is 25.8 Å². The molecule has 0 aromatic heterocycles. The van der Waals surface area contributed by atoms with E-state index in [1.165, 1.54) is 4.90 Å². The van der Waals surface area contributed by atoms with Gasteiger partial charge in [-0.15, -0.1) is 0 Å². The number of carbonyl (C=O) groups excluding carboxylic acids is 3. The Hall–Kier alpha value is -2.41. The molecule has 7 nitrogen and oxygen atoms in total. The number of fused-ring (bicyclic) bond motifs is 1. The molecule has 1 aliphatic carbocycles. The second-order valence-corrected chi connectivity index (χ2v) is 7.59. The number of hydrogen-bond donors (Lipinski definition) is 2. The molecular weight excluding hydrogens is 332 g/mol. The molecule has 1 aromatic rings. The summed E-state index contributed by atoms with van der Waals surface area (Å²) in [5, 5.41) is 2.92. The van der Waals surface area contributed by atoms with E-state index in [1.807, 2.05) is 29.2 Å². The quantitative estimate of drug-likeness (QED) is 0.793. The molecule has 0 bridgehead atoms. The first-order valence-electron chi connectivity index (χ1n) is 9.24. The lowest BCUT2D eigenvalue weighted by Gasteiger charge is -2.37. The van der Waals surface area contributed by atoms with E-state index in [0.717, 1.165) is 30.4 Å². The van der Waals surface area contributed by atoms with Gasteiger partial charge in [-0.2, -0.15) is 0 Å². The number of rotatable bonds is 3. The van der Waals surface area contributed by atoms with Gasteiger partial charge in [-0.3, -0.25) is 14.5 Å². The topological polar surface area (TPSA) is 95.7 Å². The summed E-state index contributed by atoms with van der Waals surface area (Å²) in [6.45, 7) is 0.586. The zero-order valence-corrected chi connectivity index (χ0v) is 14.7. The Kier molecular flexibility index (Phi) is 4.19. The molecule has 1 spiro atoms. The molecule has 1 atom stereocenters. The van der Waals surface area contributed by atoms with Crippen molar-refractivity contribution in [1.82, 2.24) is 15.1 Å². The van der Waals surface area contributed by atoms with E-state index in [-0.39, 0.29) is 18.6 Å². The largest absolute Gasteiger partial charge is 0.368 e. The molecule has 7 heteroatoms. The number of carbonyl (C=O) groups is 3. The summed E-state index contributed by atoms with van der Waals surface area (Å²) >= 11 is 0. The second kappa shape index (κ2) is 6.39. The Morgan fingerprint density at radius 2 is 1.85 bits per heavy atom. The number of urea groups is 1. The molecule has 2 aliphatic heterocycles. The van der Waals surface area contributed by atoms with Gasteiger partial charge in [0.1, 0.15) is 5.54 Å². The number of nitrogens with two attached hydrogens (primary N) is 1. The maximum Gasteiger partial charge on any atom is 0.326 e. The van der Waals surface area contributed by atoms with Crippen molar-refractivity contribution in [2.75, 3.05) is 6.67 Å². The minimum Gasteiger partial charge on any atom is -0.368 e. The van der Waals surface area contributed by atoms with Gasteiger partial charge in [0, 0.05) is 6.54 Å². The van der Waals surface area contributed by atoms with Crippen LogP contribution in [0.3, 0.4) is 0 Å². The van der Waals surface area contributed by atoms with E-state index in [1.54, 1.807) is 0 Å². The molecule has 2 heterocycles. The van der Waals surface area contributed by atoms with Crippen molar-refractivity contribution >= 4 is 17.8 Å². The fourth-order valence-electron chi connectivity index (χ4n) is 4.49. The van der Waals surface area contributed by atoms with Gasteiger partial charge >= 0.3 is 6.03 Å². The Labute approximate surface area is 152 Å². The standard InChI is InChI=1S/C19H24N4O3/c20-16(24)15-10-13-6-2-3-7-14(13)11-22(15)12-23-17(25)19(21-18(23)26)8-4-1-5-9-19/h2-3,6-7,15H,1,4-5,8-12H2,(H2,20,24)(H,21,26)/t15-/m0/s1. The maximum absolute atomic E-state index is 13.0. The van der Waals surface area contributed by atoms with E-state index in [2.05, 4.69) is 5.32 Å². The SMILES string of the molecule is NC(=O)[C@@H]1Cc2ccccc2CN1CN1C(=O)NC2(CCCCC2)C1=O. The molecule has 4 rings (SSSR count). The molecule has 3 aliphatic rings. The molecule has 2 fully saturated rings. The van der Waals surface area contributed by atoms with Crippen LogP contribution in [0.1, 0.15) is 43.2 Å². The third-order valence-corrected chi connectivity index (χ3v) is 5.95. The van der Waals surface area contributed by atoms with Crippen LogP contribution in [0.25, 0.3) is 0 Å². The molecule has 4 amide bonds. The van der Waals surface area contributed by atoms with E-state index in [9.17, 15) is 14.4 Å². The van der Waals surface area contributed by atoms with E-state index < -0.39 is 17.5 Å². The summed E-state index contributed by atoms with van der Waals surface area (Å²) in [7, 11) is 0. The Balaban J connectivity index is 1.56. The second-order valence-electron chi connectivity index (χ2n) is 7.59. The van der Waals surface area contributed by atoms with Crippen LogP contribution in [0.4, 0.5) is 4.79 Å². The smallest absolute Gasteiger partial charge is 0.326 e. The lowest BCUT2D eigenvalue weighted by atomic mass is 9.82. The average molecular weight is 356 g/mol. The number of benzene rings is 1. The number of nitrogens with one attached hydrogen (secondary N) is 1. The number of primary amides is 1. The third kappa shape index (κ3) is 2.76.